The largest absolute Gasteiger partial charge is 0.416 e. The summed E-state index contributed by atoms with van der Waals surface area (Å²) in [5.74, 6) is 0.610. The van der Waals surface area contributed by atoms with Crippen LogP contribution in [0.1, 0.15) is 27.2 Å². The topological polar surface area (TPSA) is 129 Å². The standard InChI is InChI=1S/C28H28F3N9O2/c1-16-4-5-20(12-22(16)37-25-8-17(2)38-40(25)24-13-23(32-3)34-15-35-24)36-27(42)18-9-19(28(29,30)31)11-21(10-18)39-7-6-33-14-26(39)41/h4-5,8-13,15,33,37H,6-7,14H2,1-3H3,(H,36,42)(H,32,34,35). The molecular formula is C28H28F3N9O2. The van der Waals surface area contributed by atoms with E-state index in [4.69, 9.17) is 0 Å². The number of carbonyl (C=O) groups is 2. The van der Waals surface area contributed by atoms with E-state index in [-0.39, 0.29) is 30.2 Å². The van der Waals surface area contributed by atoms with Gasteiger partial charge in [-0.05, 0) is 49.7 Å². The van der Waals surface area contributed by atoms with Gasteiger partial charge in [0, 0.05) is 54.9 Å². The van der Waals surface area contributed by atoms with Crippen LogP contribution in [-0.4, -0.2) is 58.2 Å². The van der Waals surface area contributed by atoms with Crippen molar-refractivity contribution in [3.63, 3.8) is 0 Å². The molecule has 0 radical (unpaired) electrons. The van der Waals surface area contributed by atoms with Crippen LogP contribution >= 0.6 is 0 Å². The molecule has 0 unspecified atom stereocenters. The number of halogens is 3. The summed E-state index contributed by atoms with van der Waals surface area (Å²) in [6.45, 7) is 4.32. The molecule has 0 aliphatic carbocycles. The van der Waals surface area contributed by atoms with Gasteiger partial charge in [-0.15, -0.1) is 0 Å². The predicted molar refractivity (Wildman–Crippen MR) is 153 cm³/mol. The molecule has 2 aromatic carbocycles. The van der Waals surface area contributed by atoms with Gasteiger partial charge in [0.05, 0.1) is 17.8 Å². The fourth-order valence-electron chi connectivity index (χ4n) is 4.48. The van der Waals surface area contributed by atoms with Crippen LogP contribution in [0.4, 0.5) is 41.9 Å². The van der Waals surface area contributed by atoms with Crippen molar-refractivity contribution < 1.29 is 22.8 Å². The molecule has 2 amide bonds. The highest BCUT2D eigenvalue weighted by Gasteiger charge is 2.33. The predicted octanol–water partition coefficient (Wildman–Crippen LogP) is 4.27. The lowest BCUT2D eigenvalue weighted by Gasteiger charge is -2.28. The summed E-state index contributed by atoms with van der Waals surface area (Å²) in [6.07, 6.45) is -3.29. The van der Waals surface area contributed by atoms with E-state index in [1.54, 1.807) is 36.0 Å². The van der Waals surface area contributed by atoms with Crippen LogP contribution in [0.3, 0.4) is 0 Å². The summed E-state index contributed by atoms with van der Waals surface area (Å²) in [5.41, 5.74) is 1.34. The van der Waals surface area contributed by atoms with E-state index in [1.165, 1.54) is 17.3 Å². The van der Waals surface area contributed by atoms with Crippen molar-refractivity contribution >= 4 is 40.5 Å². The highest BCUT2D eigenvalue weighted by atomic mass is 19.4. The number of hydrogen-bond acceptors (Lipinski definition) is 8. The minimum absolute atomic E-state index is 0.00320. The molecule has 0 atom stereocenters. The normalized spacial score (nSPS) is 13.7. The molecule has 4 N–H and O–H groups in total. The van der Waals surface area contributed by atoms with Crippen molar-refractivity contribution in [1.29, 1.82) is 0 Å². The molecule has 0 bridgehead atoms. The van der Waals surface area contributed by atoms with E-state index >= 15 is 0 Å². The number of hydrogen-bond donors (Lipinski definition) is 4. The molecule has 0 spiro atoms. The van der Waals surface area contributed by atoms with Crippen molar-refractivity contribution in [3.05, 3.63) is 77.2 Å². The number of amides is 2. The van der Waals surface area contributed by atoms with Crippen molar-refractivity contribution in [2.45, 2.75) is 20.0 Å². The number of carbonyl (C=O) groups excluding carboxylic acids is 2. The second kappa shape index (κ2) is 11.5. The van der Waals surface area contributed by atoms with Crippen molar-refractivity contribution in [1.82, 2.24) is 25.1 Å². The summed E-state index contributed by atoms with van der Waals surface area (Å²) in [5, 5.41) is 16.3. The zero-order valence-electron chi connectivity index (χ0n) is 23.0. The Bertz CT molecular complexity index is 1650. The zero-order chi connectivity index (χ0) is 30.0. The van der Waals surface area contributed by atoms with Gasteiger partial charge in [-0.1, -0.05) is 6.07 Å². The zero-order valence-corrected chi connectivity index (χ0v) is 23.0. The minimum Gasteiger partial charge on any atom is -0.373 e. The van der Waals surface area contributed by atoms with Crippen LogP contribution in [0.15, 0.2) is 54.9 Å². The smallest absolute Gasteiger partial charge is 0.373 e. The molecule has 5 rings (SSSR count). The number of piperazine rings is 1. The molecule has 1 aliphatic heterocycles. The van der Waals surface area contributed by atoms with Crippen LogP contribution in [0.2, 0.25) is 0 Å². The number of aromatic nitrogens is 4. The monoisotopic (exact) mass is 579 g/mol. The first-order valence-corrected chi connectivity index (χ1v) is 13.0. The SMILES string of the molecule is CNc1cc(-n2nc(C)cc2Nc2cc(NC(=O)c3cc(N4CCNCC4=O)cc(C(F)(F)F)c3)ccc2C)ncn1. The van der Waals surface area contributed by atoms with Gasteiger partial charge in [-0.2, -0.15) is 23.0 Å². The summed E-state index contributed by atoms with van der Waals surface area (Å²) >= 11 is 0. The van der Waals surface area contributed by atoms with E-state index in [9.17, 15) is 22.8 Å². The van der Waals surface area contributed by atoms with Gasteiger partial charge in [-0.25, -0.2) is 9.97 Å². The maximum atomic E-state index is 13.7. The number of rotatable bonds is 7. The summed E-state index contributed by atoms with van der Waals surface area (Å²) in [7, 11) is 1.74. The number of nitrogens with one attached hydrogen (secondary N) is 4. The molecule has 2 aromatic heterocycles. The average molecular weight is 580 g/mol. The third-order valence-electron chi connectivity index (χ3n) is 6.62. The lowest BCUT2D eigenvalue weighted by atomic mass is 10.1. The van der Waals surface area contributed by atoms with Crippen LogP contribution in [0.25, 0.3) is 5.82 Å². The van der Waals surface area contributed by atoms with Crippen LogP contribution in [-0.2, 0) is 11.0 Å². The van der Waals surface area contributed by atoms with Gasteiger partial charge in [0.15, 0.2) is 5.82 Å². The Morgan fingerprint density at radius 2 is 1.86 bits per heavy atom. The second-order valence-electron chi connectivity index (χ2n) is 9.69. The number of nitrogens with zero attached hydrogens (tertiary/aromatic N) is 5. The Hall–Kier alpha value is -4.98. The summed E-state index contributed by atoms with van der Waals surface area (Å²) in [6, 6.07) is 11.6. The maximum Gasteiger partial charge on any atom is 0.416 e. The second-order valence-corrected chi connectivity index (χ2v) is 9.69. The van der Waals surface area contributed by atoms with E-state index in [0.717, 1.165) is 23.4 Å². The molecule has 3 heterocycles. The van der Waals surface area contributed by atoms with Crippen molar-refractivity contribution in [2.24, 2.45) is 0 Å². The van der Waals surface area contributed by atoms with Gasteiger partial charge in [0.2, 0.25) is 5.91 Å². The van der Waals surface area contributed by atoms with Gasteiger partial charge in [0.1, 0.15) is 18.0 Å². The molecule has 14 heteroatoms. The van der Waals surface area contributed by atoms with Crippen LogP contribution < -0.4 is 26.2 Å². The van der Waals surface area contributed by atoms with E-state index in [2.05, 4.69) is 36.3 Å². The number of benzene rings is 2. The molecular weight excluding hydrogens is 551 g/mol. The highest BCUT2D eigenvalue weighted by Crippen LogP contribution is 2.34. The summed E-state index contributed by atoms with van der Waals surface area (Å²) < 4.78 is 42.8. The van der Waals surface area contributed by atoms with Crippen LogP contribution in [0, 0.1) is 13.8 Å². The number of aryl methyl sites for hydroxylation is 2. The Kier molecular flexibility index (Phi) is 7.81. The fraction of sp³-hybridized carbons (Fsp3) is 0.250. The van der Waals surface area contributed by atoms with Crippen molar-refractivity contribution in [3.8, 4) is 5.82 Å². The molecule has 1 fully saturated rings. The van der Waals surface area contributed by atoms with Gasteiger partial charge in [0.25, 0.3) is 5.91 Å². The van der Waals surface area contributed by atoms with Crippen LogP contribution in [0.5, 0.6) is 0 Å². The molecule has 11 nitrogen and oxygen atoms in total. The average Bonchev–Trinajstić information content (AvgIpc) is 3.34. The minimum atomic E-state index is -4.71. The van der Waals surface area contributed by atoms with Crippen molar-refractivity contribution in [2.75, 3.05) is 47.5 Å². The lowest BCUT2D eigenvalue weighted by Crippen LogP contribution is -2.48. The maximum absolute atomic E-state index is 13.7. The Morgan fingerprint density at radius 3 is 2.60 bits per heavy atom. The first kappa shape index (κ1) is 28.5. The fourth-order valence-corrected chi connectivity index (χ4v) is 4.48. The molecule has 218 valence electrons. The quantitative estimate of drug-likeness (QED) is 0.256. The summed E-state index contributed by atoms with van der Waals surface area (Å²) in [4.78, 5) is 35.2. The molecule has 42 heavy (non-hydrogen) atoms. The van der Waals surface area contributed by atoms with E-state index in [1.807, 2.05) is 19.9 Å². The molecule has 1 aliphatic rings. The molecule has 4 aromatic rings. The third kappa shape index (κ3) is 6.17. The number of alkyl halides is 3. The first-order chi connectivity index (χ1) is 20.0. The lowest BCUT2D eigenvalue weighted by molar-refractivity contribution is -0.137. The first-order valence-electron chi connectivity index (χ1n) is 13.0. The Labute approximate surface area is 239 Å². The van der Waals surface area contributed by atoms with Gasteiger partial charge in [-0.3, -0.25) is 9.59 Å². The van der Waals surface area contributed by atoms with E-state index in [0.29, 0.717) is 35.4 Å². The molecule has 0 saturated carbocycles. The molecule has 1 saturated heterocycles. The number of anilines is 5. The third-order valence-corrected chi connectivity index (χ3v) is 6.62. The van der Waals surface area contributed by atoms with Gasteiger partial charge >= 0.3 is 6.18 Å². The van der Waals surface area contributed by atoms with Gasteiger partial charge < -0.3 is 26.2 Å². The van der Waals surface area contributed by atoms with E-state index < -0.39 is 17.6 Å². The Morgan fingerprint density at radius 1 is 1.05 bits per heavy atom. The Balaban J connectivity index is 1.42. The highest BCUT2D eigenvalue weighted by molar-refractivity contribution is 6.06.